The summed E-state index contributed by atoms with van der Waals surface area (Å²) in [4.78, 5) is 11.4. The Balaban J connectivity index is 2.72. The lowest BCUT2D eigenvalue weighted by Crippen LogP contribution is -2.24. The molecule has 94 valence electrons. The third-order valence-corrected chi connectivity index (χ3v) is 1.88. The third kappa shape index (κ3) is 4.78. The van der Waals surface area contributed by atoms with Crippen LogP contribution < -0.4 is 15.8 Å². The summed E-state index contributed by atoms with van der Waals surface area (Å²) in [5.74, 6) is -0.411. The fourth-order valence-corrected chi connectivity index (χ4v) is 1.26. The van der Waals surface area contributed by atoms with Gasteiger partial charge in [0.15, 0.2) is 0 Å². The van der Waals surface area contributed by atoms with E-state index in [0.29, 0.717) is 0 Å². The quantitative estimate of drug-likeness (QED) is 0.832. The van der Waals surface area contributed by atoms with E-state index in [2.05, 4.69) is 10.1 Å². The first kappa shape index (κ1) is 13.4. The van der Waals surface area contributed by atoms with Crippen molar-refractivity contribution in [2.75, 3.05) is 5.32 Å². The zero-order valence-electron chi connectivity index (χ0n) is 9.32. The molecule has 4 nitrogen and oxygen atoms in total. The summed E-state index contributed by atoms with van der Waals surface area (Å²) in [5, 5.41) is 2.47. The molecule has 1 amide bonds. The first-order valence-corrected chi connectivity index (χ1v) is 5.08. The van der Waals surface area contributed by atoms with Crippen molar-refractivity contribution in [3.05, 3.63) is 24.3 Å². The van der Waals surface area contributed by atoms with Gasteiger partial charge in [-0.15, -0.1) is 0 Å². The molecule has 6 heteroatoms. The number of alkyl halides is 2. The molecule has 0 fully saturated rings. The molecule has 0 aliphatic heterocycles. The largest absolute Gasteiger partial charge is 0.433 e. The topological polar surface area (TPSA) is 64.4 Å². The number of rotatable bonds is 5. The van der Waals surface area contributed by atoms with Crippen LogP contribution in [-0.2, 0) is 4.79 Å². The molecule has 1 aromatic carbocycles. The van der Waals surface area contributed by atoms with Crippen LogP contribution in [0.2, 0.25) is 0 Å². The minimum absolute atomic E-state index is 0.0690. The summed E-state index contributed by atoms with van der Waals surface area (Å²) in [7, 11) is 0. The first-order chi connectivity index (χ1) is 7.99. The molecule has 1 unspecified atom stereocenters. The van der Waals surface area contributed by atoms with Gasteiger partial charge in [-0.05, 0) is 19.1 Å². The minimum atomic E-state index is -2.93. The predicted octanol–water partition coefficient (Wildman–Crippen LogP) is 1.96. The molecule has 0 aliphatic rings. The highest BCUT2D eigenvalue weighted by molar-refractivity contribution is 5.92. The number of para-hydroxylation sites is 2. The van der Waals surface area contributed by atoms with Crippen LogP contribution in [0.15, 0.2) is 24.3 Å². The van der Waals surface area contributed by atoms with Crippen LogP contribution in [0.3, 0.4) is 0 Å². The highest BCUT2D eigenvalue weighted by Crippen LogP contribution is 2.25. The molecule has 1 aromatic rings. The van der Waals surface area contributed by atoms with Gasteiger partial charge in [0.2, 0.25) is 5.91 Å². The monoisotopic (exact) mass is 244 g/mol. The molecular formula is C11H14F2N2O2. The van der Waals surface area contributed by atoms with Crippen molar-refractivity contribution >= 4 is 11.6 Å². The van der Waals surface area contributed by atoms with Gasteiger partial charge in [0.1, 0.15) is 5.75 Å². The summed E-state index contributed by atoms with van der Waals surface area (Å²) >= 11 is 0. The van der Waals surface area contributed by atoms with E-state index in [1.165, 1.54) is 12.1 Å². The van der Waals surface area contributed by atoms with E-state index in [9.17, 15) is 13.6 Å². The van der Waals surface area contributed by atoms with Crippen molar-refractivity contribution in [2.24, 2.45) is 5.73 Å². The Morgan fingerprint density at radius 3 is 2.71 bits per heavy atom. The number of carbonyl (C=O) groups is 1. The van der Waals surface area contributed by atoms with Gasteiger partial charge in [0, 0.05) is 12.5 Å². The van der Waals surface area contributed by atoms with Crippen LogP contribution in [0.4, 0.5) is 14.5 Å². The zero-order chi connectivity index (χ0) is 12.8. The number of nitrogens with one attached hydrogen (secondary N) is 1. The summed E-state index contributed by atoms with van der Waals surface area (Å²) in [6, 6.07) is 5.70. The molecule has 1 atom stereocenters. The second-order valence-corrected chi connectivity index (χ2v) is 3.60. The van der Waals surface area contributed by atoms with E-state index in [-0.39, 0.29) is 29.8 Å². The summed E-state index contributed by atoms with van der Waals surface area (Å²) < 4.78 is 28.5. The van der Waals surface area contributed by atoms with E-state index < -0.39 is 6.61 Å². The fourth-order valence-electron chi connectivity index (χ4n) is 1.26. The number of hydrogen-bond acceptors (Lipinski definition) is 3. The van der Waals surface area contributed by atoms with E-state index in [1.54, 1.807) is 19.1 Å². The van der Waals surface area contributed by atoms with Crippen LogP contribution in [0, 0.1) is 0 Å². The molecule has 17 heavy (non-hydrogen) atoms. The van der Waals surface area contributed by atoms with Gasteiger partial charge >= 0.3 is 6.61 Å². The molecule has 0 heterocycles. The first-order valence-electron chi connectivity index (χ1n) is 5.08. The summed E-state index contributed by atoms with van der Waals surface area (Å²) in [5.41, 5.74) is 5.66. The maximum atomic E-state index is 12.1. The lowest BCUT2D eigenvalue weighted by molar-refractivity contribution is -0.116. The van der Waals surface area contributed by atoms with Gasteiger partial charge < -0.3 is 15.8 Å². The van der Waals surface area contributed by atoms with Gasteiger partial charge in [0.05, 0.1) is 5.69 Å². The zero-order valence-corrected chi connectivity index (χ0v) is 9.32. The molecule has 0 saturated heterocycles. The smallest absolute Gasteiger partial charge is 0.387 e. The predicted molar refractivity (Wildman–Crippen MR) is 60.0 cm³/mol. The number of ether oxygens (including phenoxy) is 1. The Kier molecular flexibility index (Phi) is 4.84. The van der Waals surface area contributed by atoms with Gasteiger partial charge in [0.25, 0.3) is 0 Å². The average molecular weight is 244 g/mol. The number of halogens is 2. The summed E-state index contributed by atoms with van der Waals surface area (Å²) in [6.07, 6.45) is 0.114. The van der Waals surface area contributed by atoms with Crippen molar-refractivity contribution in [1.82, 2.24) is 0 Å². The van der Waals surface area contributed by atoms with E-state index in [4.69, 9.17) is 5.73 Å². The van der Waals surface area contributed by atoms with E-state index in [0.717, 1.165) is 0 Å². The van der Waals surface area contributed by atoms with Gasteiger partial charge in [-0.3, -0.25) is 4.79 Å². The maximum absolute atomic E-state index is 12.1. The molecule has 3 N–H and O–H groups in total. The Bertz CT molecular complexity index is 383. The van der Waals surface area contributed by atoms with Crippen molar-refractivity contribution in [1.29, 1.82) is 0 Å². The molecule has 0 aliphatic carbocycles. The van der Waals surface area contributed by atoms with Gasteiger partial charge in [-0.2, -0.15) is 8.78 Å². The molecule has 0 bridgehead atoms. The number of benzene rings is 1. The third-order valence-electron chi connectivity index (χ3n) is 1.88. The van der Waals surface area contributed by atoms with Gasteiger partial charge in [-0.1, -0.05) is 12.1 Å². The molecule has 0 radical (unpaired) electrons. The number of hydrogen-bond donors (Lipinski definition) is 2. The summed E-state index contributed by atoms with van der Waals surface area (Å²) in [6.45, 7) is -1.25. The fraction of sp³-hybridized carbons (Fsp3) is 0.364. The molecule has 0 aromatic heterocycles. The van der Waals surface area contributed by atoms with E-state index >= 15 is 0 Å². The Morgan fingerprint density at radius 1 is 1.47 bits per heavy atom. The normalized spacial score (nSPS) is 12.3. The van der Waals surface area contributed by atoms with Crippen LogP contribution in [0.25, 0.3) is 0 Å². The molecule has 1 rings (SSSR count). The minimum Gasteiger partial charge on any atom is -0.433 e. The maximum Gasteiger partial charge on any atom is 0.387 e. The standard InChI is InChI=1S/C11H14F2N2O2/c1-7(14)6-10(16)15-8-4-2-3-5-9(8)17-11(12)13/h2-5,7,11H,6,14H2,1H3,(H,15,16). The van der Waals surface area contributed by atoms with Crippen LogP contribution in [-0.4, -0.2) is 18.6 Å². The lowest BCUT2D eigenvalue weighted by Gasteiger charge is -2.12. The Hall–Kier alpha value is -1.69. The van der Waals surface area contributed by atoms with Crippen molar-refractivity contribution in [2.45, 2.75) is 26.0 Å². The highest BCUT2D eigenvalue weighted by atomic mass is 19.3. The average Bonchev–Trinajstić information content (AvgIpc) is 2.18. The number of carbonyl (C=O) groups excluding carboxylic acids is 1. The van der Waals surface area contributed by atoms with Crippen LogP contribution in [0.5, 0.6) is 5.75 Å². The molecule has 0 spiro atoms. The molecular weight excluding hydrogens is 230 g/mol. The van der Waals surface area contributed by atoms with Crippen LogP contribution >= 0.6 is 0 Å². The second-order valence-electron chi connectivity index (χ2n) is 3.60. The number of amides is 1. The SMILES string of the molecule is CC(N)CC(=O)Nc1ccccc1OC(F)F. The van der Waals surface area contributed by atoms with E-state index in [1.807, 2.05) is 0 Å². The lowest BCUT2D eigenvalue weighted by atomic mass is 10.2. The van der Waals surface area contributed by atoms with Crippen molar-refractivity contribution < 1.29 is 18.3 Å². The van der Waals surface area contributed by atoms with Crippen molar-refractivity contribution in [3.8, 4) is 5.75 Å². The highest BCUT2D eigenvalue weighted by Gasteiger charge is 2.12. The Morgan fingerprint density at radius 2 is 2.12 bits per heavy atom. The van der Waals surface area contributed by atoms with Gasteiger partial charge in [-0.25, -0.2) is 0 Å². The number of nitrogens with two attached hydrogens (primary N) is 1. The van der Waals surface area contributed by atoms with Crippen LogP contribution in [0.1, 0.15) is 13.3 Å². The second kappa shape index (κ2) is 6.15. The number of anilines is 1. The Labute approximate surface area is 97.8 Å². The molecule has 0 saturated carbocycles. The van der Waals surface area contributed by atoms with Crippen molar-refractivity contribution in [3.63, 3.8) is 0 Å².